The van der Waals surface area contributed by atoms with Gasteiger partial charge in [0, 0.05) is 0 Å². The molecule has 62 valence electrons. The Morgan fingerprint density at radius 1 is 1.55 bits per heavy atom. The quantitative estimate of drug-likeness (QED) is 0.667. The summed E-state index contributed by atoms with van der Waals surface area (Å²) in [6.07, 6.45) is -3.76. The van der Waals surface area contributed by atoms with Crippen LogP contribution in [0.5, 0.6) is 0 Å². The Kier molecular flexibility index (Phi) is 1.71. The molecule has 0 aliphatic heterocycles. The van der Waals surface area contributed by atoms with Crippen molar-refractivity contribution in [3.8, 4) is 0 Å². The lowest BCUT2D eigenvalue weighted by atomic mass is 10.6. The summed E-state index contributed by atoms with van der Waals surface area (Å²) in [6, 6.07) is 0. The van der Waals surface area contributed by atoms with E-state index in [9.17, 15) is 13.2 Å². The molecule has 0 aromatic carbocycles. The largest absolute Gasteiger partial charge is 0.505 e. The van der Waals surface area contributed by atoms with Crippen LogP contribution < -0.4 is 5.73 Å². The van der Waals surface area contributed by atoms with Gasteiger partial charge in [0.25, 0.3) is 0 Å². The molecule has 2 N–H and O–H groups in total. The summed E-state index contributed by atoms with van der Waals surface area (Å²) in [5, 5.41) is 2.31. The SMILES string of the molecule is Nc1cnn(C(F)(F)F)c1Cl. The van der Waals surface area contributed by atoms with Crippen molar-refractivity contribution >= 4 is 17.3 Å². The molecular formula is C4H3ClF3N3. The Morgan fingerprint density at radius 2 is 2.09 bits per heavy atom. The molecule has 0 atom stereocenters. The van der Waals surface area contributed by atoms with Gasteiger partial charge in [-0.25, -0.2) is 0 Å². The number of hydrogen-bond donors (Lipinski definition) is 1. The highest BCUT2D eigenvalue weighted by Gasteiger charge is 2.34. The van der Waals surface area contributed by atoms with Gasteiger partial charge in [0.15, 0.2) is 5.15 Å². The summed E-state index contributed by atoms with van der Waals surface area (Å²) in [7, 11) is 0. The van der Waals surface area contributed by atoms with Gasteiger partial charge in [-0.15, -0.1) is 13.2 Å². The average Bonchev–Trinajstić information content (AvgIpc) is 2.11. The van der Waals surface area contributed by atoms with Crippen LogP contribution in [-0.4, -0.2) is 9.78 Å². The van der Waals surface area contributed by atoms with E-state index in [-0.39, 0.29) is 10.4 Å². The molecule has 1 aromatic rings. The van der Waals surface area contributed by atoms with Crippen LogP contribution in [0.2, 0.25) is 5.15 Å². The molecule has 0 saturated carbocycles. The summed E-state index contributed by atoms with van der Waals surface area (Å²) in [4.78, 5) is 0. The molecule has 0 spiro atoms. The molecular weight excluding hydrogens is 183 g/mol. The second-order valence-corrected chi connectivity index (χ2v) is 2.13. The topological polar surface area (TPSA) is 43.8 Å². The van der Waals surface area contributed by atoms with Gasteiger partial charge < -0.3 is 5.73 Å². The summed E-state index contributed by atoms with van der Waals surface area (Å²) < 4.78 is 35.2. The molecule has 0 bridgehead atoms. The van der Waals surface area contributed by atoms with Crippen LogP contribution in [-0.2, 0) is 6.30 Å². The first-order chi connectivity index (χ1) is 4.93. The molecule has 0 amide bonds. The molecule has 0 aliphatic carbocycles. The van der Waals surface area contributed by atoms with E-state index in [0.29, 0.717) is 0 Å². The standard InChI is InChI=1S/C4H3ClF3N3/c5-3-2(9)1-10-11(3)4(6,7)8/h1H,9H2. The highest BCUT2D eigenvalue weighted by molar-refractivity contribution is 6.32. The van der Waals surface area contributed by atoms with Crippen LogP contribution >= 0.6 is 11.6 Å². The summed E-state index contributed by atoms with van der Waals surface area (Å²) in [6.45, 7) is 0. The molecule has 0 unspecified atom stereocenters. The Labute approximate surface area is 64.5 Å². The van der Waals surface area contributed by atoms with Gasteiger partial charge >= 0.3 is 6.30 Å². The van der Waals surface area contributed by atoms with Gasteiger partial charge in [-0.1, -0.05) is 11.6 Å². The molecule has 1 rings (SSSR count). The van der Waals surface area contributed by atoms with Crippen molar-refractivity contribution < 1.29 is 13.2 Å². The second-order valence-electron chi connectivity index (χ2n) is 1.77. The van der Waals surface area contributed by atoms with Gasteiger partial charge in [-0.05, 0) is 0 Å². The molecule has 11 heavy (non-hydrogen) atoms. The molecule has 3 nitrogen and oxygen atoms in total. The molecule has 0 saturated heterocycles. The molecule has 7 heteroatoms. The Balaban J connectivity index is 3.15. The fourth-order valence-electron chi connectivity index (χ4n) is 0.523. The predicted molar refractivity (Wildman–Crippen MR) is 32.9 cm³/mol. The summed E-state index contributed by atoms with van der Waals surface area (Å²) >= 11 is 5.15. The molecule has 1 heterocycles. The zero-order valence-corrected chi connectivity index (χ0v) is 5.82. The van der Waals surface area contributed by atoms with E-state index in [2.05, 4.69) is 5.10 Å². The molecule has 0 aliphatic rings. The lowest BCUT2D eigenvalue weighted by Gasteiger charge is -2.05. The maximum atomic E-state index is 11.8. The third-order valence-electron chi connectivity index (χ3n) is 0.977. The summed E-state index contributed by atoms with van der Waals surface area (Å²) in [5.74, 6) is 0. The van der Waals surface area contributed by atoms with Gasteiger partial charge in [0.2, 0.25) is 0 Å². The Bertz CT molecular complexity index is 266. The van der Waals surface area contributed by atoms with Gasteiger partial charge in [-0.2, -0.15) is 9.78 Å². The lowest BCUT2D eigenvalue weighted by molar-refractivity contribution is -0.212. The lowest BCUT2D eigenvalue weighted by Crippen LogP contribution is -2.18. The van der Waals surface area contributed by atoms with E-state index in [4.69, 9.17) is 17.3 Å². The number of aromatic nitrogens is 2. The first kappa shape index (κ1) is 8.19. The third kappa shape index (κ3) is 1.40. The van der Waals surface area contributed by atoms with Gasteiger partial charge in [-0.3, -0.25) is 0 Å². The number of anilines is 1. The van der Waals surface area contributed by atoms with Crippen LogP contribution in [0.1, 0.15) is 0 Å². The highest BCUT2D eigenvalue weighted by Crippen LogP contribution is 2.28. The molecule has 1 aromatic heterocycles. The smallest absolute Gasteiger partial charge is 0.395 e. The Hall–Kier alpha value is -0.910. The first-order valence-corrected chi connectivity index (χ1v) is 2.87. The normalized spacial score (nSPS) is 12.0. The number of hydrogen-bond acceptors (Lipinski definition) is 2. The zero-order chi connectivity index (χ0) is 8.65. The molecule has 0 radical (unpaired) electrons. The van der Waals surface area contributed by atoms with Crippen molar-refractivity contribution in [2.45, 2.75) is 6.30 Å². The number of nitrogens with two attached hydrogens (primary N) is 1. The van der Waals surface area contributed by atoms with Crippen LogP contribution in [0.3, 0.4) is 0 Å². The maximum Gasteiger partial charge on any atom is 0.505 e. The van der Waals surface area contributed by atoms with Crippen LogP contribution in [0.4, 0.5) is 18.9 Å². The number of alkyl halides is 3. The maximum absolute atomic E-state index is 11.8. The van der Waals surface area contributed by atoms with Crippen LogP contribution in [0, 0.1) is 0 Å². The van der Waals surface area contributed by atoms with Gasteiger partial charge in [0.05, 0.1) is 11.9 Å². The first-order valence-electron chi connectivity index (χ1n) is 2.49. The van der Waals surface area contributed by atoms with E-state index in [0.717, 1.165) is 6.20 Å². The minimum atomic E-state index is -4.60. The van der Waals surface area contributed by atoms with Crippen LogP contribution in [0.25, 0.3) is 0 Å². The van der Waals surface area contributed by atoms with Crippen LogP contribution in [0.15, 0.2) is 6.20 Å². The summed E-state index contributed by atoms with van der Waals surface area (Å²) in [5.41, 5.74) is 4.83. The number of halogens is 4. The predicted octanol–water partition coefficient (Wildman–Crippen LogP) is 1.59. The number of nitrogens with zero attached hydrogens (tertiary/aromatic N) is 2. The monoisotopic (exact) mass is 185 g/mol. The van der Waals surface area contributed by atoms with E-state index >= 15 is 0 Å². The minimum Gasteiger partial charge on any atom is -0.395 e. The number of rotatable bonds is 0. The van der Waals surface area contributed by atoms with E-state index in [1.165, 1.54) is 0 Å². The average molecular weight is 186 g/mol. The zero-order valence-electron chi connectivity index (χ0n) is 5.06. The van der Waals surface area contributed by atoms with Crippen molar-refractivity contribution in [1.29, 1.82) is 0 Å². The van der Waals surface area contributed by atoms with Crippen molar-refractivity contribution in [3.05, 3.63) is 11.3 Å². The van der Waals surface area contributed by atoms with E-state index < -0.39 is 11.5 Å². The highest BCUT2D eigenvalue weighted by atomic mass is 35.5. The Morgan fingerprint density at radius 3 is 2.27 bits per heavy atom. The fraction of sp³-hybridized carbons (Fsp3) is 0.250. The van der Waals surface area contributed by atoms with E-state index in [1.807, 2.05) is 0 Å². The molecule has 0 fully saturated rings. The van der Waals surface area contributed by atoms with Crippen molar-refractivity contribution in [2.24, 2.45) is 0 Å². The minimum absolute atomic E-state index is 0.191. The van der Waals surface area contributed by atoms with Crippen molar-refractivity contribution in [3.63, 3.8) is 0 Å². The fourth-order valence-corrected chi connectivity index (χ4v) is 0.711. The number of nitrogen functional groups attached to an aromatic ring is 1. The van der Waals surface area contributed by atoms with Gasteiger partial charge in [0.1, 0.15) is 0 Å². The van der Waals surface area contributed by atoms with Crippen molar-refractivity contribution in [1.82, 2.24) is 9.78 Å². The third-order valence-corrected chi connectivity index (χ3v) is 1.35. The van der Waals surface area contributed by atoms with Crippen molar-refractivity contribution in [2.75, 3.05) is 5.73 Å². The van der Waals surface area contributed by atoms with E-state index in [1.54, 1.807) is 0 Å². The second kappa shape index (κ2) is 2.30.